The van der Waals surface area contributed by atoms with Gasteiger partial charge in [0.05, 0.1) is 0 Å². The summed E-state index contributed by atoms with van der Waals surface area (Å²) < 4.78 is 0. The monoisotopic (exact) mass is 122 g/mol. The molecule has 9 heavy (non-hydrogen) atoms. The Hall–Kier alpha value is -0.260. The van der Waals surface area contributed by atoms with Crippen LogP contribution in [0.3, 0.4) is 0 Å². The van der Waals surface area contributed by atoms with E-state index in [0.29, 0.717) is 10.8 Å². The summed E-state index contributed by atoms with van der Waals surface area (Å²) in [4.78, 5) is 0. The van der Waals surface area contributed by atoms with Crippen LogP contribution in [-0.4, -0.2) is 0 Å². The van der Waals surface area contributed by atoms with Gasteiger partial charge in [0.2, 0.25) is 0 Å². The fourth-order valence-electron chi connectivity index (χ4n) is 2.52. The van der Waals surface area contributed by atoms with Gasteiger partial charge in [0.25, 0.3) is 0 Å². The maximum atomic E-state index is 2.38. The average Bonchev–Trinajstić information content (AvgIpc) is 2.33. The quantitative estimate of drug-likeness (QED) is 0.433. The molecule has 1 saturated carbocycles. The Labute approximate surface area is 57.0 Å². The Morgan fingerprint density at radius 2 is 1.33 bits per heavy atom. The molecule has 2 rings (SSSR count). The maximum Gasteiger partial charge on any atom is -0.00166 e. The Balaban J connectivity index is 2.48. The summed E-state index contributed by atoms with van der Waals surface area (Å²) in [6.45, 7) is 9.33. The average molecular weight is 122 g/mol. The van der Waals surface area contributed by atoms with Crippen LogP contribution in [0.4, 0.5) is 0 Å². The summed E-state index contributed by atoms with van der Waals surface area (Å²) in [5.74, 6) is 0. The van der Waals surface area contributed by atoms with Gasteiger partial charge in [-0.15, -0.1) is 0 Å². The van der Waals surface area contributed by atoms with Crippen LogP contribution < -0.4 is 0 Å². The second-order valence-electron chi connectivity index (χ2n) is 4.09. The van der Waals surface area contributed by atoms with Crippen molar-refractivity contribution in [3.8, 4) is 0 Å². The molecule has 2 unspecified atom stereocenters. The van der Waals surface area contributed by atoms with Gasteiger partial charge in [0.1, 0.15) is 0 Å². The Morgan fingerprint density at radius 1 is 1.00 bits per heavy atom. The molecule has 0 saturated heterocycles. The van der Waals surface area contributed by atoms with E-state index in [9.17, 15) is 0 Å². The predicted molar refractivity (Wildman–Crippen MR) is 39.2 cm³/mol. The van der Waals surface area contributed by atoms with E-state index < -0.39 is 0 Å². The van der Waals surface area contributed by atoms with E-state index in [1.165, 1.54) is 6.42 Å². The molecule has 0 radical (unpaired) electrons. The number of rotatable bonds is 0. The number of allylic oxidation sites excluding steroid dienone is 2. The zero-order chi connectivity index (χ0) is 6.86. The topological polar surface area (TPSA) is 0 Å². The third kappa shape index (κ3) is 0.309. The van der Waals surface area contributed by atoms with E-state index >= 15 is 0 Å². The van der Waals surface area contributed by atoms with Crippen molar-refractivity contribution in [3.63, 3.8) is 0 Å². The Morgan fingerprint density at radius 3 is 1.44 bits per heavy atom. The molecule has 0 nitrogen and oxygen atoms in total. The summed E-state index contributed by atoms with van der Waals surface area (Å²) in [5.41, 5.74) is 4.59. The fraction of sp³-hybridized carbons (Fsp3) is 0.778. The fourth-order valence-corrected chi connectivity index (χ4v) is 2.52. The molecule has 0 aromatic rings. The van der Waals surface area contributed by atoms with Crippen molar-refractivity contribution < 1.29 is 0 Å². The van der Waals surface area contributed by atoms with Crippen LogP contribution in [0.15, 0.2) is 11.1 Å². The van der Waals surface area contributed by atoms with E-state index in [-0.39, 0.29) is 0 Å². The first-order valence-electron chi connectivity index (χ1n) is 3.71. The largest absolute Gasteiger partial charge is 0.0670 e. The molecule has 0 aromatic carbocycles. The minimum absolute atomic E-state index is 0.636. The summed E-state index contributed by atoms with van der Waals surface area (Å²) >= 11 is 0. The molecule has 2 aliphatic rings. The summed E-state index contributed by atoms with van der Waals surface area (Å²) in [6.07, 6.45) is 1.41. The highest BCUT2D eigenvalue weighted by Crippen LogP contribution is 2.79. The summed E-state index contributed by atoms with van der Waals surface area (Å²) in [7, 11) is 0. The normalized spacial score (nSPS) is 54.7. The van der Waals surface area contributed by atoms with E-state index in [2.05, 4.69) is 27.7 Å². The van der Waals surface area contributed by atoms with E-state index in [1.54, 1.807) is 11.1 Å². The van der Waals surface area contributed by atoms with Crippen LogP contribution in [0.1, 0.15) is 34.1 Å². The lowest BCUT2D eigenvalue weighted by atomic mass is 9.71. The van der Waals surface area contributed by atoms with Crippen molar-refractivity contribution in [2.75, 3.05) is 0 Å². The maximum absolute atomic E-state index is 2.38. The van der Waals surface area contributed by atoms with Crippen LogP contribution in [0, 0.1) is 10.8 Å². The molecule has 1 fully saturated rings. The molecule has 0 spiro atoms. The highest BCUT2D eigenvalue weighted by Gasteiger charge is 2.69. The lowest BCUT2D eigenvalue weighted by Gasteiger charge is -2.33. The van der Waals surface area contributed by atoms with Crippen LogP contribution in [-0.2, 0) is 0 Å². The van der Waals surface area contributed by atoms with Gasteiger partial charge in [-0.2, -0.15) is 0 Å². The first-order valence-corrected chi connectivity index (χ1v) is 3.71. The first-order chi connectivity index (χ1) is 4.02. The third-order valence-electron chi connectivity index (χ3n) is 4.02. The molecule has 0 N–H and O–H groups in total. The first kappa shape index (κ1) is 5.52. The molecule has 2 atom stereocenters. The zero-order valence-corrected chi connectivity index (χ0v) is 6.71. The molecule has 2 aliphatic carbocycles. The molecular weight excluding hydrogens is 108 g/mol. The molecular formula is C9H14. The van der Waals surface area contributed by atoms with Gasteiger partial charge in [-0.1, -0.05) is 25.0 Å². The lowest BCUT2D eigenvalue weighted by molar-refractivity contribution is 0.426. The smallest absolute Gasteiger partial charge is 0.00166 e. The Bertz CT molecular complexity index is 190. The third-order valence-corrected chi connectivity index (χ3v) is 4.02. The molecule has 50 valence electrons. The van der Waals surface area contributed by atoms with Crippen molar-refractivity contribution in [2.45, 2.75) is 34.1 Å². The molecule has 0 bridgehead atoms. The van der Waals surface area contributed by atoms with Gasteiger partial charge in [-0.3, -0.25) is 0 Å². The van der Waals surface area contributed by atoms with Gasteiger partial charge in [-0.05, 0) is 31.1 Å². The number of hydrogen-bond acceptors (Lipinski definition) is 0. The van der Waals surface area contributed by atoms with Crippen molar-refractivity contribution in [2.24, 2.45) is 10.8 Å². The van der Waals surface area contributed by atoms with Gasteiger partial charge in [-0.25, -0.2) is 0 Å². The van der Waals surface area contributed by atoms with Crippen LogP contribution in [0.25, 0.3) is 0 Å². The second kappa shape index (κ2) is 1.00. The van der Waals surface area contributed by atoms with E-state index in [0.717, 1.165) is 0 Å². The van der Waals surface area contributed by atoms with Crippen LogP contribution in [0.5, 0.6) is 0 Å². The second-order valence-corrected chi connectivity index (χ2v) is 4.09. The minimum Gasteiger partial charge on any atom is -0.0670 e. The van der Waals surface area contributed by atoms with Gasteiger partial charge >= 0.3 is 0 Å². The van der Waals surface area contributed by atoms with Gasteiger partial charge in [0.15, 0.2) is 0 Å². The van der Waals surface area contributed by atoms with Gasteiger partial charge in [0, 0.05) is 0 Å². The summed E-state index contributed by atoms with van der Waals surface area (Å²) in [5, 5.41) is 0. The number of hydrogen-bond donors (Lipinski definition) is 0. The minimum atomic E-state index is 0.636. The van der Waals surface area contributed by atoms with Crippen molar-refractivity contribution in [1.29, 1.82) is 0 Å². The highest BCUT2D eigenvalue weighted by atomic mass is 14.7. The SMILES string of the molecule is CC1=C(C)C2(C)CC12C. The van der Waals surface area contributed by atoms with Crippen molar-refractivity contribution in [1.82, 2.24) is 0 Å². The summed E-state index contributed by atoms with van der Waals surface area (Å²) in [6, 6.07) is 0. The zero-order valence-electron chi connectivity index (χ0n) is 6.71. The molecule has 0 aromatic heterocycles. The van der Waals surface area contributed by atoms with Crippen LogP contribution >= 0.6 is 0 Å². The van der Waals surface area contributed by atoms with Crippen molar-refractivity contribution >= 4 is 0 Å². The van der Waals surface area contributed by atoms with Gasteiger partial charge < -0.3 is 0 Å². The van der Waals surface area contributed by atoms with E-state index in [1.807, 2.05) is 0 Å². The lowest BCUT2D eigenvalue weighted by Crippen LogP contribution is -2.22. The molecule has 0 heteroatoms. The number of fused-ring (bicyclic) bond motifs is 1. The van der Waals surface area contributed by atoms with Crippen molar-refractivity contribution in [3.05, 3.63) is 11.1 Å². The van der Waals surface area contributed by atoms with E-state index in [4.69, 9.17) is 0 Å². The molecule has 0 amide bonds. The standard InChI is InChI=1S/C9H14/c1-6-7(2)9(4)5-8(6,9)3/h5H2,1-4H3. The Kier molecular flexibility index (Phi) is 0.614. The predicted octanol–water partition coefficient (Wildman–Crippen LogP) is 2.75. The molecule has 0 aliphatic heterocycles. The van der Waals surface area contributed by atoms with Crippen LogP contribution in [0.2, 0.25) is 0 Å². The molecule has 0 heterocycles. The highest BCUT2D eigenvalue weighted by molar-refractivity contribution is 5.50.